The molecule has 1 aliphatic carbocycles. The molecule has 0 amide bonds. The van der Waals surface area contributed by atoms with Crippen LogP contribution < -0.4 is 4.74 Å². The van der Waals surface area contributed by atoms with Crippen LogP contribution in [-0.2, 0) is 14.8 Å². The van der Waals surface area contributed by atoms with Gasteiger partial charge in [0.25, 0.3) is 0 Å². The molecular formula is C18H22N4O5S. The fourth-order valence-corrected chi connectivity index (χ4v) is 5.12. The number of ether oxygens (including phenoxy) is 2. The standard InChI is InChI=1S/C18H22N4O5S/c1-26-16-6-5-13(18(23)27-2)9-17(16)28(24,25)21-8-7-14(10-21)22-11-15(19-20-22)12-3-4-12/h5-6,9,11-12,14H,3-4,7-8,10H2,1-2H3. The van der Waals surface area contributed by atoms with Gasteiger partial charge in [-0.2, -0.15) is 4.31 Å². The van der Waals surface area contributed by atoms with E-state index in [1.54, 1.807) is 4.68 Å². The molecule has 28 heavy (non-hydrogen) atoms. The molecule has 0 radical (unpaired) electrons. The monoisotopic (exact) mass is 406 g/mol. The molecule has 1 saturated heterocycles. The second-order valence-electron chi connectivity index (χ2n) is 7.06. The van der Waals surface area contributed by atoms with E-state index in [4.69, 9.17) is 9.47 Å². The molecule has 1 aromatic carbocycles. The Hall–Kier alpha value is -2.46. The van der Waals surface area contributed by atoms with Gasteiger partial charge in [-0.3, -0.25) is 0 Å². The van der Waals surface area contributed by atoms with E-state index in [9.17, 15) is 13.2 Å². The highest BCUT2D eigenvalue weighted by molar-refractivity contribution is 7.89. The summed E-state index contributed by atoms with van der Waals surface area (Å²) >= 11 is 0. The van der Waals surface area contributed by atoms with Crippen molar-refractivity contribution in [2.24, 2.45) is 0 Å². The Morgan fingerprint density at radius 1 is 1.21 bits per heavy atom. The Labute approximate surface area is 163 Å². The predicted molar refractivity (Wildman–Crippen MR) is 98.7 cm³/mol. The number of hydrogen-bond donors (Lipinski definition) is 0. The number of aromatic nitrogens is 3. The first-order valence-electron chi connectivity index (χ1n) is 9.12. The normalized spacial score (nSPS) is 20.3. The lowest BCUT2D eigenvalue weighted by atomic mass is 10.2. The summed E-state index contributed by atoms with van der Waals surface area (Å²) in [5.41, 5.74) is 1.14. The highest BCUT2D eigenvalue weighted by Crippen LogP contribution is 2.39. The van der Waals surface area contributed by atoms with Gasteiger partial charge in [-0.05, 0) is 37.5 Å². The Kier molecular flexibility index (Phi) is 4.84. The molecule has 9 nitrogen and oxygen atoms in total. The zero-order valence-electron chi connectivity index (χ0n) is 15.7. The summed E-state index contributed by atoms with van der Waals surface area (Å²) in [6.45, 7) is 0.651. The number of benzene rings is 1. The smallest absolute Gasteiger partial charge is 0.337 e. The molecule has 1 atom stereocenters. The number of hydrogen-bond acceptors (Lipinski definition) is 7. The summed E-state index contributed by atoms with van der Waals surface area (Å²) < 4.78 is 39.5. The SMILES string of the molecule is COC(=O)c1ccc(OC)c(S(=O)(=O)N2CCC(n3cc(C4CC4)nn3)C2)c1. The van der Waals surface area contributed by atoms with Crippen LogP contribution in [0.2, 0.25) is 0 Å². The van der Waals surface area contributed by atoms with Crippen molar-refractivity contribution >= 4 is 16.0 Å². The van der Waals surface area contributed by atoms with Crippen LogP contribution in [0.3, 0.4) is 0 Å². The molecule has 1 saturated carbocycles. The zero-order valence-corrected chi connectivity index (χ0v) is 16.6. The molecule has 2 fully saturated rings. The topological polar surface area (TPSA) is 104 Å². The van der Waals surface area contributed by atoms with Gasteiger partial charge in [0.1, 0.15) is 10.6 Å². The first kappa shape index (κ1) is 18.9. The van der Waals surface area contributed by atoms with Gasteiger partial charge < -0.3 is 9.47 Å². The number of sulfonamides is 1. The summed E-state index contributed by atoms with van der Waals surface area (Å²) in [4.78, 5) is 11.8. The van der Waals surface area contributed by atoms with E-state index in [0.29, 0.717) is 25.4 Å². The van der Waals surface area contributed by atoms with Crippen molar-refractivity contribution < 1.29 is 22.7 Å². The van der Waals surface area contributed by atoms with Crippen molar-refractivity contribution in [2.75, 3.05) is 27.3 Å². The van der Waals surface area contributed by atoms with Crippen molar-refractivity contribution in [3.8, 4) is 5.75 Å². The largest absolute Gasteiger partial charge is 0.495 e. The van der Waals surface area contributed by atoms with E-state index in [2.05, 4.69) is 10.3 Å². The molecule has 1 aromatic heterocycles. The maximum atomic E-state index is 13.2. The average Bonchev–Trinajstić information content (AvgIpc) is 3.22. The second kappa shape index (κ2) is 7.17. The van der Waals surface area contributed by atoms with E-state index >= 15 is 0 Å². The molecule has 2 heterocycles. The summed E-state index contributed by atoms with van der Waals surface area (Å²) in [7, 11) is -1.20. The average molecular weight is 406 g/mol. The number of esters is 1. The first-order chi connectivity index (χ1) is 13.4. The molecule has 0 N–H and O–H groups in total. The maximum Gasteiger partial charge on any atom is 0.337 e. The van der Waals surface area contributed by atoms with Gasteiger partial charge in [-0.1, -0.05) is 5.21 Å². The fraction of sp³-hybridized carbons (Fsp3) is 0.500. The van der Waals surface area contributed by atoms with Gasteiger partial charge in [0, 0.05) is 25.2 Å². The van der Waals surface area contributed by atoms with Crippen molar-refractivity contribution in [3.63, 3.8) is 0 Å². The summed E-state index contributed by atoms with van der Waals surface area (Å²) in [5.74, 6) is 0.0850. The van der Waals surface area contributed by atoms with Crippen LogP contribution in [0.1, 0.15) is 47.3 Å². The quantitative estimate of drug-likeness (QED) is 0.671. The highest BCUT2D eigenvalue weighted by atomic mass is 32.2. The summed E-state index contributed by atoms with van der Waals surface area (Å²) in [6, 6.07) is 4.18. The van der Waals surface area contributed by atoms with E-state index in [-0.39, 0.29) is 22.3 Å². The minimum atomic E-state index is -3.84. The molecule has 0 bridgehead atoms. The Balaban J connectivity index is 1.58. The third-order valence-electron chi connectivity index (χ3n) is 5.23. The number of rotatable bonds is 6. The number of carbonyl (C=O) groups excluding carboxylic acids is 1. The van der Waals surface area contributed by atoms with Crippen molar-refractivity contribution in [2.45, 2.75) is 36.1 Å². The van der Waals surface area contributed by atoms with E-state index in [0.717, 1.165) is 18.5 Å². The molecule has 150 valence electrons. The lowest BCUT2D eigenvalue weighted by molar-refractivity contribution is 0.0600. The minimum Gasteiger partial charge on any atom is -0.495 e. The van der Waals surface area contributed by atoms with Crippen LogP contribution in [0.15, 0.2) is 29.3 Å². The molecule has 1 unspecified atom stereocenters. The van der Waals surface area contributed by atoms with Crippen molar-refractivity contribution in [1.29, 1.82) is 0 Å². The van der Waals surface area contributed by atoms with Crippen molar-refractivity contribution in [1.82, 2.24) is 19.3 Å². The maximum absolute atomic E-state index is 13.2. The van der Waals surface area contributed by atoms with Gasteiger partial charge in [-0.25, -0.2) is 17.9 Å². The molecular weight excluding hydrogens is 384 g/mol. The third-order valence-corrected chi connectivity index (χ3v) is 7.11. The fourth-order valence-electron chi connectivity index (χ4n) is 3.44. The molecule has 2 aromatic rings. The third kappa shape index (κ3) is 3.37. The van der Waals surface area contributed by atoms with E-state index in [1.165, 1.54) is 36.7 Å². The summed E-state index contributed by atoms with van der Waals surface area (Å²) in [5, 5.41) is 8.40. The number of methoxy groups -OCH3 is 2. The Morgan fingerprint density at radius 2 is 2.00 bits per heavy atom. The van der Waals surface area contributed by atoms with Crippen LogP contribution in [-0.4, -0.2) is 61.0 Å². The Bertz CT molecular complexity index is 999. The molecule has 1 aliphatic heterocycles. The van der Waals surface area contributed by atoms with Gasteiger partial charge in [0.05, 0.1) is 31.5 Å². The molecule has 2 aliphatic rings. The zero-order chi connectivity index (χ0) is 19.9. The minimum absolute atomic E-state index is 0.0455. The number of carbonyl (C=O) groups is 1. The van der Waals surface area contributed by atoms with Crippen LogP contribution in [0.5, 0.6) is 5.75 Å². The Morgan fingerprint density at radius 3 is 2.68 bits per heavy atom. The van der Waals surface area contributed by atoms with Crippen LogP contribution in [0.25, 0.3) is 0 Å². The van der Waals surface area contributed by atoms with Crippen LogP contribution in [0, 0.1) is 0 Å². The predicted octanol–water partition coefficient (Wildman–Crippen LogP) is 1.59. The van der Waals surface area contributed by atoms with Gasteiger partial charge in [0.15, 0.2) is 0 Å². The molecule has 10 heteroatoms. The van der Waals surface area contributed by atoms with E-state index < -0.39 is 16.0 Å². The van der Waals surface area contributed by atoms with Gasteiger partial charge in [-0.15, -0.1) is 5.10 Å². The molecule has 0 spiro atoms. The van der Waals surface area contributed by atoms with Crippen LogP contribution in [0.4, 0.5) is 0 Å². The number of nitrogens with zero attached hydrogens (tertiary/aromatic N) is 4. The highest BCUT2D eigenvalue weighted by Gasteiger charge is 2.36. The summed E-state index contributed by atoms with van der Waals surface area (Å²) in [6.07, 6.45) is 4.85. The molecule has 4 rings (SSSR count). The second-order valence-corrected chi connectivity index (χ2v) is 8.97. The first-order valence-corrected chi connectivity index (χ1v) is 10.6. The van der Waals surface area contributed by atoms with Gasteiger partial charge in [0.2, 0.25) is 10.0 Å². The van der Waals surface area contributed by atoms with Gasteiger partial charge >= 0.3 is 5.97 Å². The lowest BCUT2D eigenvalue weighted by Gasteiger charge is -2.19. The lowest BCUT2D eigenvalue weighted by Crippen LogP contribution is -2.30. The van der Waals surface area contributed by atoms with E-state index in [1.807, 2.05) is 6.20 Å². The van der Waals surface area contributed by atoms with Crippen molar-refractivity contribution in [3.05, 3.63) is 35.7 Å². The van der Waals surface area contributed by atoms with Crippen LogP contribution >= 0.6 is 0 Å².